The van der Waals surface area contributed by atoms with Gasteiger partial charge in [-0.3, -0.25) is 0 Å². The Morgan fingerprint density at radius 1 is 0.850 bits per heavy atom. The number of rotatable bonds is 5. The normalized spacial score (nSPS) is 10.6. The summed E-state index contributed by atoms with van der Waals surface area (Å²) >= 11 is 0. The lowest BCUT2D eigenvalue weighted by atomic mass is 10.1. The molecule has 0 aromatic heterocycles. The molecule has 0 bridgehead atoms. The maximum Gasteiger partial charge on any atom is 0.127 e. The molecule has 2 rings (SSSR count). The lowest BCUT2D eigenvalue weighted by Crippen LogP contribution is -2.38. The Morgan fingerprint density at radius 2 is 1.35 bits per heavy atom. The molecule has 0 radical (unpaired) electrons. The quantitative estimate of drug-likeness (QED) is 0.905. The first-order valence-corrected chi connectivity index (χ1v) is 6.28. The molecule has 0 saturated heterocycles. The van der Waals surface area contributed by atoms with Crippen molar-refractivity contribution < 1.29 is 9.47 Å². The minimum absolute atomic E-state index is 0. The Hall–Kier alpha value is -1.71. The predicted molar refractivity (Wildman–Crippen MR) is 84.0 cm³/mol. The third kappa shape index (κ3) is 5.51. The number of hydrogen-bond donors (Lipinski definition) is 1. The average Bonchev–Trinajstić information content (AvgIpc) is 2.38. The fourth-order valence-electron chi connectivity index (χ4n) is 1.50. The van der Waals surface area contributed by atoms with E-state index in [-0.39, 0.29) is 17.9 Å². The van der Waals surface area contributed by atoms with E-state index in [0.29, 0.717) is 6.61 Å². The van der Waals surface area contributed by atoms with Crippen LogP contribution in [0.1, 0.15) is 13.8 Å². The highest BCUT2D eigenvalue weighted by atomic mass is 35.5. The average molecular weight is 294 g/mol. The molecule has 2 aromatic carbocycles. The van der Waals surface area contributed by atoms with Crippen LogP contribution in [0.5, 0.6) is 17.2 Å². The molecule has 3 nitrogen and oxygen atoms in total. The van der Waals surface area contributed by atoms with Crippen molar-refractivity contribution in [2.75, 3.05) is 6.61 Å². The van der Waals surface area contributed by atoms with Crippen LogP contribution in [0.3, 0.4) is 0 Å². The van der Waals surface area contributed by atoms with Crippen molar-refractivity contribution in [1.82, 2.24) is 0 Å². The molecule has 0 aliphatic rings. The third-order valence-corrected chi connectivity index (χ3v) is 2.41. The van der Waals surface area contributed by atoms with Gasteiger partial charge < -0.3 is 15.2 Å². The molecule has 0 aliphatic heterocycles. The number of halogens is 1. The number of nitrogens with two attached hydrogens (primary N) is 1. The largest absolute Gasteiger partial charge is 0.492 e. The molecule has 0 amide bonds. The van der Waals surface area contributed by atoms with Crippen molar-refractivity contribution in [1.29, 1.82) is 0 Å². The van der Waals surface area contributed by atoms with Crippen LogP contribution in [0.2, 0.25) is 0 Å². The van der Waals surface area contributed by atoms with Crippen molar-refractivity contribution in [2.24, 2.45) is 5.73 Å². The van der Waals surface area contributed by atoms with Crippen molar-refractivity contribution in [3.63, 3.8) is 0 Å². The molecule has 0 heterocycles. The molecule has 2 aromatic rings. The standard InChI is InChI=1S/C16H19NO2.ClH/c1-16(2,17)12-18-13-8-10-15(11-9-13)19-14-6-4-3-5-7-14;/h3-11H,12,17H2,1-2H3;1H. The van der Waals surface area contributed by atoms with E-state index in [2.05, 4.69) is 0 Å². The summed E-state index contributed by atoms with van der Waals surface area (Å²) < 4.78 is 11.3. The van der Waals surface area contributed by atoms with Crippen molar-refractivity contribution in [3.8, 4) is 17.2 Å². The lowest BCUT2D eigenvalue weighted by Gasteiger charge is -2.19. The zero-order chi connectivity index (χ0) is 13.7. The second-order valence-corrected chi connectivity index (χ2v) is 5.16. The highest BCUT2D eigenvalue weighted by Gasteiger charge is 2.11. The van der Waals surface area contributed by atoms with E-state index >= 15 is 0 Å². The van der Waals surface area contributed by atoms with Crippen LogP contribution in [-0.4, -0.2) is 12.1 Å². The van der Waals surface area contributed by atoms with Gasteiger partial charge >= 0.3 is 0 Å². The topological polar surface area (TPSA) is 44.5 Å². The predicted octanol–water partition coefficient (Wildman–Crippen LogP) is 4.02. The lowest BCUT2D eigenvalue weighted by molar-refractivity contribution is 0.243. The second-order valence-electron chi connectivity index (χ2n) is 5.16. The molecule has 2 N–H and O–H groups in total. The van der Waals surface area contributed by atoms with E-state index in [1.54, 1.807) is 0 Å². The highest BCUT2D eigenvalue weighted by molar-refractivity contribution is 5.85. The van der Waals surface area contributed by atoms with Crippen LogP contribution < -0.4 is 15.2 Å². The van der Waals surface area contributed by atoms with Gasteiger partial charge in [0, 0.05) is 5.54 Å². The Balaban J connectivity index is 0.00000200. The molecule has 0 atom stereocenters. The van der Waals surface area contributed by atoms with Gasteiger partial charge in [-0.15, -0.1) is 12.4 Å². The van der Waals surface area contributed by atoms with E-state index < -0.39 is 0 Å². The Bertz CT molecular complexity index is 506. The van der Waals surface area contributed by atoms with Gasteiger partial charge in [-0.2, -0.15) is 0 Å². The molecule has 108 valence electrons. The summed E-state index contributed by atoms with van der Waals surface area (Å²) in [4.78, 5) is 0. The van der Waals surface area contributed by atoms with Crippen LogP contribution in [0.25, 0.3) is 0 Å². The van der Waals surface area contributed by atoms with Gasteiger partial charge in [-0.1, -0.05) is 18.2 Å². The van der Waals surface area contributed by atoms with Crippen molar-refractivity contribution >= 4 is 12.4 Å². The first kappa shape index (κ1) is 16.3. The summed E-state index contributed by atoms with van der Waals surface area (Å²) in [6.45, 7) is 4.34. The third-order valence-electron chi connectivity index (χ3n) is 2.41. The van der Waals surface area contributed by atoms with Gasteiger partial charge in [0.1, 0.15) is 23.9 Å². The first-order chi connectivity index (χ1) is 9.03. The molecule has 0 saturated carbocycles. The minimum Gasteiger partial charge on any atom is -0.492 e. The Kier molecular flexibility index (Phi) is 5.86. The summed E-state index contributed by atoms with van der Waals surface area (Å²) in [5.41, 5.74) is 5.53. The van der Waals surface area contributed by atoms with Crippen molar-refractivity contribution in [2.45, 2.75) is 19.4 Å². The van der Waals surface area contributed by atoms with Crippen LogP contribution in [0.15, 0.2) is 54.6 Å². The summed E-state index contributed by atoms with van der Waals surface area (Å²) in [6, 6.07) is 17.2. The Labute approximate surface area is 126 Å². The first-order valence-electron chi connectivity index (χ1n) is 6.28. The molecule has 0 spiro atoms. The zero-order valence-electron chi connectivity index (χ0n) is 11.7. The highest BCUT2D eigenvalue weighted by Crippen LogP contribution is 2.23. The SMILES string of the molecule is CC(C)(N)COc1ccc(Oc2ccccc2)cc1.Cl. The molecule has 4 heteroatoms. The maximum absolute atomic E-state index is 5.87. The fourth-order valence-corrected chi connectivity index (χ4v) is 1.50. The Morgan fingerprint density at radius 3 is 1.90 bits per heavy atom. The van der Waals surface area contributed by atoms with Gasteiger partial charge in [-0.25, -0.2) is 0 Å². The minimum atomic E-state index is -0.334. The number of hydrogen-bond acceptors (Lipinski definition) is 3. The van der Waals surface area contributed by atoms with E-state index in [9.17, 15) is 0 Å². The van der Waals surface area contributed by atoms with E-state index in [0.717, 1.165) is 17.2 Å². The van der Waals surface area contributed by atoms with Crippen LogP contribution in [-0.2, 0) is 0 Å². The van der Waals surface area contributed by atoms with Gasteiger partial charge in [-0.05, 0) is 50.2 Å². The fraction of sp³-hybridized carbons (Fsp3) is 0.250. The van der Waals surface area contributed by atoms with Crippen LogP contribution in [0, 0.1) is 0 Å². The number of ether oxygens (including phenoxy) is 2. The second kappa shape index (κ2) is 7.17. The molecular weight excluding hydrogens is 274 g/mol. The van der Waals surface area contributed by atoms with E-state index in [1.165, 1.54) is 0 Å². The summed E-state index contributed by atoms with van der Waals surface area (Å²) in [5.74, 6) is 2.39. The van der Waals surface area contributed by atoms with Gasteiger partial charge in [0.05, 0.1) is 0 Å². The summed E-state index contributed by atoms with van der Waals surface area (Å²) in [7, 11) is 0. The smallest absolute Gasteiger partial charge is 0.127 e. The van der Waals surface area contributed by atoms with Gasteiger partial charge in [0.25, 0.3) is 0 Å². The number of para-hydroxylation sites is 1. The summed E-state index contributed by atoms with van der Waals surface area (Å²) in [5, 5.41) is 0. The maximum atomic E-state index is 5.87. The van der Waals surface area contributed by atoms with Crippen LogP contribution in [0.4, 0.5) is 0 Å². The van der Waals surface area contributed by atoms with Crippen molar-refractivity contribution in [3.05, 3.63) is 54.6 Å². The monoisotopic (exact) mass is 293 g/mol. The number of benzene rings is 2. The molecule has 0 aliphatic carbocycles. The van der Waals surface area contributed by atoms with Gasteiger partial charge in [0.15, 0.2) is 0 Å². The van der Waals surface area contributed by atoms with Crippen LogP contribution >= 0.6 is 12.4 Å². The van der Waals surface area contributed by atoms with E-state index in [4.69, 9.17) is 15.2 Å². The van der Waals surface area contributed by atoms with Gasteiger partial charge in [0.2, 0.25) is 0 Å². The molecule has 0 fully saturated rings. The molecular formula is C16H20ClNO2. The molecule has 0 unspecified atom stereocenters. The molecule has 20 heavy (non-hydrogen) atoms. The summed E-state index contributed by atoms with van der Waals surface area (Å²) in [6.07, 6.45) is 0. The van der Waals surface area contributed by atoms with E-state index in [1.807, 2.05) is 68.4 Å². The zero-order valence-corrected chi connectivity index (χ0v) is 12.5.